The number of alkyl halides is 3. The monoisotopic (exact) mass is 318 g/mol. The molecule has 0 unspecified atom stereocenters. The van der Waals surface area contributed by atoms with Crippen LogP contribution in [-0.2, 0) is 20.7 Å². The van der Waals surface area contributed by atoms with Crippen molar-refractivity contribution in [1.29, 1.82) is 0 Å². The molecule has 8 heteroatoms. The van der Waals surface area contributed by atoms with Crippen LogP contribution in [0.4, 0.5) is 13.2 Å². The summed E-state index contributed by atoms with van der Waals surface area (Å²) in [6, 6.07) is 3.76. The molecular weight excluding hydrogens is 305 g/mol. The summed E-state index contributed by atoms with van der Waals surface area (Å²) in [4.78, 5) is 21.5. The summed E-state index contributed by atoms with van der Waals surface area (Å²) >= 11 is 0. The average Bonchev–Trinajstić information content (AvgIpc) is 2.42. The van der Waals surface area contributed by atoms with Gasteiger partial charge in [-0.25, -0.2) is 4.79 Å². The first-order valence-electron chi connectivity index (χ1n) is 6.08. The van der Waals surface area contributed by atoms with Gasteiger partial charge < -0.3 is 14.6 Å². The van der Waals surface area contributed by atoms with Gasteiger partial charge in [0, 0.05) is 18.1 Å². The fraction of sp³-hybridized carbons (Fsp3) is 0.286. The third kappa shape index (κ3) is 6.29. The molecule has 1 aromatic rings. The Hall–Kier alpha value is -2.51. The van der Waals surface area contributed by atoms with Crippen molar-refractivity contribution in [3.8, 4) is 5.75 Å². The molecule has 5 nitrogen and oxygen atoms in total. The fourth-order valence-corrected chi connectivity index (χ4v) is 1.61. The number of hydrogen-bond donors (Lipinski definition) is 1. The minimum absolute atomic E-state index is 0.0536. The van der Waals surface area contributed by atoms with Crippen LogP contribution in [0.2, 0.25) is 0 Å². The number of methoxy groups -OCH3 is 1. The molecule has 0 heterocycles. The molecule has 1 aromatic carbocycles. The van der Waals surface area contributed by atoms with Gasteiger partial charge in [0.1, 0.15) is 5.75 Å². The number of benzene rings is 1. The Morgan fingerprint density at radius 2 is 2.00 bits per heavy atom. The van der Waals surface area contributed by atoms with Gasteiger partial charge in [0.2, 0.25) is 0 Å². The van der Waals surface area contributed by atoms with E-state index in [1.54, 1.807) is 0 Å². The van der Waals surface area contributed by atoms with Crippen molar-refractivity contribution in [3.05, 3.63) is 35.4 Å². The molecule has 0 saturated heterocycles. The van der Waals surface area contributed by atoms with E-state index in [-0.39, 0.29) is 18.4 Å². The molecule has 0 saturated carbocycles. The molecule has 22 heavy (non-hydrogen) atoms. The second-order valence-electron chi connectivity index (χ2n) is 4.17. The van der Waals surface area contributed by atoms with Crippen LogP contribution in [0.15, 0.2) is 24.3 Å². The lowest BCUT2D eigenvalue weighted by Gasteiger charge is -2.12. The van der Waals surface area contributed by atoms with Crippen LogP contribution < -0.4 is 4.74 Å². The van der Waals surface area contributed by atoms with Crippen LogP contribution >= 0.6 is 0 Å². The highest BCUT2D eigenvalue weighted by Gasteiger charge is 2.31. The van der Waals surface area contributed by atoms with E-state index in [0.29, 0.717) is 11.6 Å². The third-order valence-electron chi connectivity index (χ3n) is 2.55. The summed E-state index contributed by atoms with van der Waals surface area (Å²) in [7, 11) is 1.23. The summed E-state index contributed by atoms with van der Waals surface area (Å²) in [6.45, 7) is 0. The van der Waals surface area contributed by atoms with Gasteiger partial charge in [0.15, 0.2) is 0 Å². The minimum atomic E-state index is -4.89. The van der Waals surface area contributed by atoms with Crippen molar-refractivity contribution in [2.24, 2.45) is 0 Å². The lowest BCUT2D eigenvalue weighted by atomic mass is 10.0. The lowest BCUT2D eigenvalue weighted by molar-refractivity contribution is -0.274. The summed E-state index contributed by atoms with van der Waals surface area (Å²) < 4.78 is 45.2. The summed E-state index contributed by atoms with van der Waals surface area (Å²) in [5.74, 6) is -2.29. The number of hydrogen-bond acceptors (Lipinski definition) is 4. The standard InChI is InChI=1S/C14H13F3O5/c1-21-13(20)7-3-9-2-5-11(22-14(15,16)17)10(8-9)4-6-12(18)19/h2,4-6,8H,3,7H2,1H3,(H,18,19)/b6-4+. The molecule has 1 rings (SSSR count). The molecule has 0 bridgehead atoms. The van der Waals surface area contributed by atoms with Gasteiger partial charge >= 0.3 is 18.3 Å². The van der Waals surface area contributed by atoms with Crippen molar-refractivity contribution < 1.29 is 37.3 Å². The molecule has 120 valence electrons. The average molecular weight is 318 g/mol. The molecule has 0 aromatic heterocycles. The number of esters is 1. The molecule has 0 aliphatic heterocycles. The number of carbonyl (C=O) groups is 2. The Morgan fingerprint density at radius 3 is 2.55 bits per heavy atom. The number of carboxylic acids is 1. The Kier molecular flexibility index (Phi) is 5.97. The van der Waals surface area contributed by atoms with Gasteiger partial charge in [-0.05, 0) is 30.2 Å². The zero-order valence-electron chi connectivity index (χ0n) is 11.5. The first-order valence-corrected chi connectivity index (χ1v) is 6.08. The number of carbonyl (C=O) groups excluding carboxylic acids is 1. The van der Waals surface area contributed by atoms with E-state index in [9.17, 15) is 22.8 Å². The predicted octanol–water partition coefficient (Wildman–Crippen LogP) is 2.79. The van der Waals surface area contributed by atoms with Gasteiger partial charge in [0.25, 0.3) is 0 Å². The molecular formula is C14H13F3O5. The van der Waals surface area contributed by atoms with Gasteiger partial charge in [-0.1, -0.05) is 6.07 Å². The van der Waals surface area contributed by atoms with E-state index >= 15 is 0 Å². The van der Waals surface area contributed by atoms with Crippen LogP contribution in [0.5, 0.6) is 5.75 Å². The van der Waals surface area contributed by atoms with Gasteiger partial charge in [0.05, 0.1) is 7.11 Å². The Balaban J connectivity index is 3.02. The molecule has 0 aliphatic carbocycles. The highest BCUT2D eigenvalue weighted by molar-refractivity contribution is 5.86. The van der Waals surface area contributed by atoms with Crippen molar-refractivity contribution in [2.45, 2.75) is 19.2 Å². The fourth-order valence-electron chi connectivity index (χ4n) is 1.61. The van der Waals surface area contributed by atoms with Crippen molar-refractivity contribution in [1.82, 2.24) is 0 Å². The van der Waals surface area contributed by atoms with Crippen molar-refractivity contribution in [2.75, 3.05) is 7.11 Å². The molecule has 1 N–H and O–H groups in total. The Labute approximate surface area is 124 Å². The van der Waals surface area contributed by atoms with Crippen LogP contribution in [0.25, 0.3) is 6.08 Å². The van der Waals surface area contributed by atoms with E-state index < -0.39 is 24.1 Å². The second-order valence-corrected chi connectivity index (χ2v) is 4.17. The molecule has 0 radical (unpaired) electrons. The van der Waals surface area contributed by atoms with Crippen LogP contribution in [0, 0.1) is 0 Å². The molecule has 0 spiro atoms. The topological polar surface area (TPSA) is 72.8 Å². The molecule has 0 amide bonds. The highest BCUT2D eigenvalue weighted by atomic mass is 19.4. The van der Waals surface area contributed by atoms with E-state index in [2.05, 4.69) is 9.47 Å². The predicted molar refractivity (Wildman–Crippen MR) is 70.1 cm³/mol. The normalized spacial score (nSPS) is 11.5. The van der Waals surface area contributed by atoms with Crippen LogP contribution in [-0.4, -0.2) is 30.5 Å². The molecule has 0 fully saturated rings. The van der Waals surface area contributed by atoms with Gasteiger partial charge in [-0.3, -0.25) is 4.79 Å². The van der Waals surface area contributed by atoms with E-state index in [1.807, 2.05) is 0 Å². The zero-order chi connectivity index (χ0) is 16.8. The largest absolute Gasteiger partial charge is 0.573 e. The quantitative estimate of drug-likeness (QED) is 0.645. The SMILES string of the molecule is COC(=O)CCc1ccc(OC(F)(F)F)c(/C=C/C(=O)O)c1. The van der Waals surface area contributed by atoms with Gasteiger partial charge in [-0.15, -0.1) is 13.2 Å². The highest BCUT2D eigenvalue weighted by Crippen LogP contribution is 2.28. The number of carboxylic acid groups (broad SMARTS) is 1. The summed E-state index contributed by atoms with van der Waals surface area (Å²) in [5, 5.41) is 8.56. The second kappa shape index (κ2) is 7.48. The molecule has 0 aliphatic rings. The number of aryl methyl sites for hydroxylation is 1. The first kappa shape index (κ1) is 17.5. The minimum Gasteiger partial charge on any atom is -0.478 e. The van der Waals surface area contributed by atoms with E-state index in [0.717, 1.165) is 12.1 Å². The lowest BCUT2D eigenvalue weighted by Crippen LogP contribution is -2.17. The maximum Gasteiger partial charge on any atom is 0.573 e. The zero-order valence-corrected chi connectivity index (χ0v) is 11.5. The van der Waals surface area contributed by atoms with Gasteiger partial charge in [-0.2, -0.15) is 0 Å². The van der Waals surface area contributed by atoms with Crippen molar-refractivity contribution >= 4 is 18.0 Å². The number of ether oxygens (including phenoxy) is 2. The summed E-state index contributed by atoms with van der Waals surface area (Å²) in [6.07, 6.45) is -2.90. The van der Waals surface area contributed by atoms with Crippen LogP contribution in [0.3, 0.4) is 0 Å². The first-order chi connectivity index (χ1) is 10.2. The number of rotatable bonds is 6. The third-order valence-corrected chi connectivity index (χ3v) is 2.55. The van der Waals surface area contributed by atoms with Crippen LogP contribution in [0.1, 0.15) is 17.5 Å². The Bertz CT molecular complexity index is 578. The smallest absolute Gasteiger partial charge is 0.478 e. The number of halogens is 3. The molecule has 0 atom stereocenters. The maximum absolute atomic E-state index is 12.3. The number of aliphatic carboxylic acids is 1. The Morgan fingerprint density at radius 1 is 1.32 bits per heavy atom. The van der Waals surface area contributed by atoms with Crippen molar-refractivity contribution in [3.63, 3.8) is 0 Å². The summed E-state index contributed by atoms with van der Waals surface area (Å²) in [5.41, 5.74) is 0.493. The maximum atomic E-state index is 12.3. The van der Waals surface area contributed by atoms with E-state index in [1.165, 1.54) is 19.2 Å². The van der Waals surface area contributed by atoms with E-state index in [4.69, 9.17) is 5.11 Å².